The third kappa shape index (κ3) is 1.52. The molecule has 54 valence electrons. The maximum Gasteiger partial charge on any atom is 0.213 e. The molecule has 0 fully saturated rings. The molecule has 0 aliphatic rings. The van der Waals surface area contributed by atoms with Crippen LogP contribution in [0.15, 0.2) is 16.7 Å². The van der Waals surface area contributed by atoms with Crippen LogP contribution in [0.5, 0.6) is 0 Å². The molecule has 1 N–H and O–H groups in total. The molecule has 0 aliphatic heterocycles. The fourth-order valence-electron chi connectivity index (χ4n) is 0.572. The van der Waals surface area contributed by atoms with Crippen LogP contribution < -0.4 is 0 Å². The Morgan fingerprint density at radius 2 is 2.40 bits per heavy atom. The molecule has 0 unspecified atom stereocenters. The number of pyridine rings is 1. The van der Waals surface area contributed by atoms with Gasteiger partial charge in [-0.05, 0) is 27.6 Å². The summed E-state index contributed by atoms with van der Waals surface area (Å²) in [4.78, 5) is 3.36. The predicted molar refractivity (Wildman–Crippen MR) is 37.8 cm³/mol. The summed E-state index contributed by atoms with van der Waals surface area (Å²) in [6.45, 7) is -0.181. The zero-order valence-electron chi connectivity index (χ0n) is 5.01. The molecule has 0 radical (unpaired) electrons. The second kappa shape index (κ2) is 3.07. The number of hydrogen-bond donors (Lipinski definition) is 1. The van der Waals surface area contributed by atoms with Crippen LogP contribution in [-0.4, -0.2) is 10.1 Å². The molecule has 1 rings (SSSR count). The van der Waals surface area contributed by atoms with E-state index < -0.39 is 5.95 Å². The molecule has 0 aliphatic carbocycles. The van der Waals surface area contributed by atoms with Crippen LogP contribution in [-0.2, 0) is 6.61 Å². The SMILES string of the molecule is OCc1cc(F)ncc1Br. The minimum absolute atomic E-state index is 0.181. The van der Waals surface area contributed by atoms with Crippen molar-refractivity contribution in [1.82, 2.24) is 4.98 Å². The van der Waals surface area contributed by atoms with Gasteiger partial charge in [-0.25, -0.2) is 4.98 Å². The van der Waals surface area contributed by atoms with Gasteiger partial charge in [-0.1, -0.05) is 0 Å². The van der Waals surface area contributed by atoms with Gasteiger partial charge in [0.25, 0.3) is 0 Å². The fourth-order valence-corrected chi connectivity index (χ4v) is 0.915. The summed E-state index contributed by atoms with van der Waals surface area (Å²) in [5, 5.41) is 8.62. The van der Waals surface area contributed by atoms with Crippen molar-refractivity contribution in [3.63, 3.8) is 0 Å². The van der Waals surface area contributed by atoms with E-state index >= 15 is 0 Å². The van der Waals surface area contributed by atoms with Gasteiger partial charge in [0.15, 0.2) is 0 Å². The first-order valence-electron chi connectivity index (χ1n) is 2.65. The Morgan fingerprint density at radius 1 is 1.70 bits per heavy atom. The largest absolute Gasteiger partial charge is 0.392 e. The van der Waals surface area contributed by atoms with Crippen molar-refractivity contribution in [2.75, 3.05) is 0 Å². The zero-order chi connectivity index (χ0) is 7.56. The number of aromatic nitrogens is 1. The highest BCUT2D eigenvalue weighted by atomic mass is 79.9. The van der Waals surface area contributed by atoms with Gasteiger partial charge >= 0.3 is 0 Å². The van der Waals surface area contributed by atoms with Crippen molar-refractivity contribution in [3.05, 3.63) is 28.2 Å². The Kier molecular flexibility index (Phi) is 2.34. The maximum atomic E-state index is 12.3. The van der Waals surface area contributed by atoms with E-state index in [-0.39, 0.29) is 6.61 Å². The second-order valence-corrected chi connectivity index (χ2v) is 2.61. The highest BCUT2D eigenvalue weighted by molar-refractivity contribution is 9.10. The predicted octanol–water partition coefficient (Wildman–Crippen LogP) is 1.48. The van der Waals surface area contributed by atoms with E-state index in [1.165, 1.54) is 12.3 Å². The van der Waals surface area contributed by atoms with Crippen molar-refractivity contribution in [1.29, 1.82) is 0 Å². The molecule has 0 amide bonds. The summed E-state index contributed by atoms with van der Waals surface area (Å²) >= 11 is 3.10. The highest BCUT2D eigenvalue weighted by Gasteiger charge is 1.99. The molecular weight excluding hydrogens is 201 g/mol. The first-order valence-corrected chi connectivity index (χ1v) is 3.44. The van der Waals surface area contributed by atoms with Crippen molar-refractivity contribution in [2.45, 2.75) is 6.61 Å². The molecule has 1 aromatic heterocycles. The topological polar surface area (TPSA) is 33.1 Å². The van der Waals surface area contributed by atoms with Crippen LogP contribution in [0.3, 0.4) is 0 Å². The molecule has 2 nitrogen and oxygen atoms in total. The molecule has 1 aromatic rings. The monoisotopic (exact) mass is 205 g/mol. The van der Waals surface area contributed by atoms with Crippen molar-refractivity contribution < 1.29 is 9.50 Å². The van der Waals surface area contributed by atoms with Gasteiger partial charge < -0.3 is 5.11 Å². The van der Waals surface area contributed by atoms with Crippen molar-refractivity contribution in [3.8, 4) is 0 Å². The van der Waals surface area contributed by atoms with Gasteiger partial charge in [0.05, 0.1) is 6.61 Å². The highest BCUT2D eigenvalue weighted by Crippen LogP contribution is 2.15. The molecule has 0 aromatic carbocycles. The molecule has 1 heterocycles. The lowest BCUT2D eigenvalue weighted by Crippen LogP contribution is -1.89. The summed E-state index contributed by atoms with van der Waals surface area (Å²) in [5.41, 5.74) is 0.507. The maximum absolute atomic E-state index is 12.3. The van der Waals surface area contributed by atoms with E-state index in [1.54, 1.807) is 0 Å². The summed E-state index contributed by atoms with van der Waals surface area (Å²) in [6.07, 6.45) is 1.32. The summed E-state index contributed by atoms with van der Waals surface area (Å²) in [5.74, 6) is -0.577. The molecule has 10 heavy (non-hydrogen) atoms. The third-order valence-electron chi connectivity index (χ3n) is 1.07. The summed E-state index contributed by atoms with van der Waals surface area (Å²) < 4.78 is 12.9. The molecule has 0 spiro atoms. The Balaban J connectivity index is 3.09. The number of hydrogen-bond acceptors (Lipinski definition) is 2. The van der Waals surface area contributed by atoms with E-state index in [0.29, 0.717) is 10.0 Å². The van der Waals surface area contributed by atoms with E-state index in [1.807, 2.05) is 0 Å². The van der Waals surface area contributed by atoms with E-state index in [9.17, 15) is 4.39 Å². The second-order valence-electron chi connectivity index (χ2n) is 1.76. The molecule has 0 atom stereocenters. The molecule has 0 saturated carbocycles. The zero-order valence-corrected chi connectivity index (χ0v) is 6.60. The molecule has 0 saturated heterocycles. The summed E-state index contributed by atoms with van der Waals surface area (Å²) in [7, 11) is 0. The average Bonchev–Trinajstić information content (AvgIpc) is 1.94. The van der Waals surface area contributed by atoms with Crippen LogP contribution in [0.4, 0.5) is 4.39 Å². The number of aliphatic hydroxyl groups is 1. The van der Waals surface area contributed by atoms with Crippen molar-refractivity contribution in [2.24, 2.45) is 0 Å². The van der Waals surface area contributed by atoms with Crippen LogP contribution in [0, 0.1) is 5.95 Å². The Morgan fingerprint density at radius 3 is 2.90 bits per heavy atom. The summed E-state index contributed by atoms with van der Waals surface area (Å²) in [6, 6.07) is 1.18. The van der Waals surface area contributed by atoms with Gasteiger partial charge in [-0.3, -0.25) is 0 Å². The Labute approximate surface area is 65.8 Å². The third-order valence-corrected chi connectivity index (χ3v) is 1.79. The molecule has 0 bridgehead atoms. The van der Waals surface area contributed by atoms with Crippen LogP contribution in [0.1, 0.15) is 5.56 Å². The van der Waals surface area contributed by atoms with E-state index in [2.05, 4.69) is 20.9 Å². The van der Waals surface area contributed by atoms with Crippen molar-refractivity contribution >= 4 is 15.9 Å². The van der Waals surface area contributed by atoms with Gasteiger partial charge in [-0.2, -0.15) is 4.39 Å². The fraction of sp³-hybridized carbons (Fsp3) is 0.167. The standard InChI is InChI=1S/C6H5BrFNO/c7-5-2-9-6(8)1-4(5)3-10/h1-2,10H,3H2. The van der Waals surface area contributed by atoms with E-state index in [0.717, 1.165) is 0 Å². The molecular formula is C6H5BrFNO. The van der Waals surface area contributed by atoms with Crippen LogP contribution >= 0.6 is 15.9 Å². The van der Waals surface area contributed by atoms with Gasteiger partial charge in [0.1, 0.15) is 0 Å². The van der Waals surface area contributed by atoms with Crippen LogP contribution in [0.25, 0.3) is 0 Å². The Hall–Kier alpha value is -0.480. The van der Waals surface area contributed by atoms with E-state index in [4.69, 9.17) is 5.11 Å². The lowest BCUT2D eigenvalue weighted by Gasteiger charge is -1.97. The first kappa shape index (κ1) is 7.63. The van der Waals surface area contributed by atoms with Gasteiger partial charge in [0, 0.05) is 10.7 Å². The number of halogens is 2. The minimum atomic E-state index is -0.577. The first-order chi connectivity index (χ1) is 4.74. The number of nitrogens with zero attached hydrogens (tertiary/aromatic N) is 1. The lowest BCUT2D eigenvalue weighted by molar-refractivity contribution is 0.280. The molecule has 4 heteroatoms. The lowest BCUT2D eigenvalue weighted by atomic mass is 10.3. The quantitative estimate of drug-likeness (QED) is 0.705. The van der Waals surface area contributed by atoms with Gasteiger partial charge in [-0.15, -0.1) is 0 Å². The average molecular weight is 206 g/mol. The smallest absolute Gasteiger partial charge is 0.213 e. The number of rotatable bonds is 1. The number of aliphatic hydroxyl groups excluding tert-OH is 1. The Bertz CT molecular complexity index is 241. The normalized spacial score (nSPS) is 9.90. The van der Waals surface area contributed by atoms with Gasteiger partial charge in [0.2, 0.25) is 5.95 Å². The van der Waals surface area contributed by atoms with Crippen LogP contribution in [0.2, 0.25) is 0 Å². The minimum Gasteiger partial charge on any atom is -0.392 e.